The number of carbonyl (C=O) groups excluding carboxylic acids is 2. The third kappa shape index (κ3) is 4.38. The van der Waals surface area contributed by atoms with Crippen LogP contribution in [0.5, 0.6) is 0 Å². The van der Waals surface area contributed by atoms with Crippen LogP contribution in [0.1, 0.15) is 52.5 Å². The van der Waals surface area contributed by atoms with E-state index in [9.17, 15) is 14.7 Å². The van der Waals surface area contributed by atoms with Gasteiger partial charge in [-0.25, -0.2) is 0 Å². The largest absolute Gasteiger partial charge is 0.503 e. The first-order chi connectivity index (χ1) is 16.0. The lowest BCUT2D eigenvalue weighted by Crippen LogP contribution is -2.41. The monoisotopic (exact) mass is 464 g/mol. The lowest BCUT2D eigenvalue weighted by molar-refractivity contribution is -0.130. The number of Topliss-reactive ketones (excluding diaryl/α,β-unsaturated/α-hetero) is 1. The molecule has 2 unspecified atom stereocenters. The van der Waals surface area contributed by atoms with Crippen LogP contribution in [0.2, 0.25) is 0 Å². The highest BCUT2D eigenvalue weighted by Gasteiger charge is 2.46. The Balaban J connectivity index is 1.75. The van der Waals surface area contributed by atoms with Gasteiger partial charge in [0.25, 0.3) is 5.91 Å². The first-order valence-corrected chi connectivity index (χ1v) is 12.0. The molecule has 1 aliphatic rings. The predicted molar refractivity (Wildman–Crippen MR) is 128 cm³/mol. The normalized spacial score (nSPS) is 17.3. The number of aliphatic hydroxyl groups excluding tert-OH is 1. The molecule has 1 aliphatic heterocycles. The molecule has 3 aromatic rings. The van der Waals surface area contributed by atoms with Crippen LogP contribution in [0.4, 0.5) is 0 Å². The van der Waals surface area contributed by atoms with Crippen LogP contribution >= 0.6 is 11.3 Å². The number of carbonyl (C=O) groups is 2. The molecule has 3 heterocycles. The summed E-state index contributed by atoms with van der Waals surface area (Å²) in [5.41, 5.74) is 2.32. The van der Waals surface area contributed by atoms with Crippen molar-refractivity contribution in [1.82, 2.24) is 9.80 Å². The van der Waals surface area contributed by atoms with E-state index in [2.05, 4.69) is 43.0 Å². The van der Waals surface area contributed by atoms with Gasteiger partial charge in [0.05, 0.1) is 23.9 Å². The number of furan rings is 1. The van der Waals surface area contributed by atoms with Crippen LogP contribution in [-0.4, -0.2) is 46.2 Å². The van der Waals surface area contributed by atoms with Crippen LogP contribution in [0.25, 0.3) is 0 Å². The molecule has 0 radical (unpaired) electrons. The van der Waals surface area contributed by atoms with E-state index in [0.717, 1.165) is 29.1 Å². The van der Waals surface area contributed by atoms with Crippen LogP contribution in [0, 0.1) is 6.92 Å². The minimum atomic E-state index is -0.668. The van der Waals surface area contributed by atoms with Gasteiger partial charge in [0.2, 0.25) is 5.78 Å². The Labute approximate surface area is 197 Å². The summed E-state index contributed by atoms with van der Waals surface area (Å²) >= 11 is 1.46. The highest BCUT2D eigenvalue weighted by molar-refractivity contribution is 7.10. The van der Waals surface area contributed by atoms with Gasteiger partial charge < -0.3 is 14.4 Å². The van der Waals surface area contributed by atoms with E-state index in [4.69, 9.17) is 4.42 Å². The van der Waals surface area contributed by atoms with Gasteiger partial charge >= 0.3 is 0 Å². The standard InChI is InChI=1S/C26H28N2O4S/c1-4-27(5-2)19(18-12-10-17(3)11-13-18)16-28-23(21-9-7-15-33-21)22(25(30)26(28)31)24(29)20-8-6-14-32-20/h6-15,19,23,30H,4-5,16H2,1-3H3. The molecule has 1 aromatic carbocycles. The second-order valence-electron chi connectivity index (χ2n) is 8.09. The first kappa shape index (κ1) is 23.0. The van der Waals surface area contributed by atoms with Gasteiger partial charge in [-0.2, -0.15) is 0 Å². The Morgan fingerprint density at radius 3 is 2.45 bits per heavy atom. The molecular formula is C26H28N2O4S. The number of likely N-dealkylation sites (N-methyl/N-ethyl adjacent to an activating group) is 1. The average molecular weight is 465 g/mol. The Kier molecular flexibility index (Phi) is 6.81. The summed E-state index contributed by atoms with van der Waals surface area (Å²) in [7, 11) is 0. The third-order valence-corrected chi connectivity index (χ3v) is 7.12. The van der Waals surface area contributed by atoms with Crippen LogP contribution in [0.15, 0.2) is 75.9 Å². The van der Waals surface area contributed by atoms with E-state index in [0.29, 0.717) is 6.54 Å². The van der Waals surface area contributed by atoms with Crippen molar-refractivity contribution in [3.05, 3.63) is 93.3 Å². The van der Waals surface area contributed by atoms with Crippen molar-refractivity contribution < 1.29 is 19.1 Å². The topological polar surface area (TPSA) is 74.0 Å². The average Bonchev–Trinajstić information content (AvgIpc) is 3.58. The molecule has 7 heteroatoms. The summed E-state index contributed by atoms with van der Waals surface area (Å²) < 4.78 is 5.30. The van der Waals surface area contributed by atoms with E-state index >= 15 is 0 Å². The van der Waals surface area contributed by atoms with Gasteiger partial charge in [0.15, 0.2) is 11.5 Å². The lowest BCUT2D eigenvalue weighted by atomic mass is 9.98. The Morgan fingerprint density at radius 1 is 1.15 bits per heavy atom. The smallest absolute Gasteiger partial charge is 0.290 e. The fourth-order valence-corrected chi connectivity index (χ4v) is 5.27. The highest BCUT2D eigenvalue weighted by Crippen LogP contribution is 2.42. The Hall–Kier alpha value is -3.16. The number of thiophene rings is 1. The van der Waals surface area contributed by atoms with Gasteiger partial charge in [0.1, 0.15) is 0 Å². The molecular weight excluding hydrogens is 436 g/mol. The summed E-state index contributed by atoms with van der Waals surface area (Å²) in [6.45, 7) is 8.17. The number of benzene rings is 1. The van der Waals surface area contributed by atoms with Gasteiger partial charge in [-0.05, 0) is 49.2 Å². The van der Waals surface area contributed by atoms with Gasteiger partial charge in [-0.3, -0.25) is 14.5 Å². The van der Waals surface area contributed by atoms with Crippen molar-refractivity contribution in [2.45, 2.75) is 32.9 Å². The number of aliphatic hydroxyl groups is 1. The maximum Gasteiger partial charge on any atom is 0.290 e. The maximum atomic E-state index is 13.3. The van der Waals surface area contributed by atoms with Crippen molar-refractivity contribution >= 4 is 23.0 Å². The number of hydrogen-bond acceptors (Lipinski definition) is 6. The molecule has 1 amide bonds. The van der Waals surface area contributed by atoms with E-state index in [1.165, 1.54) is 17.6 Å². The van der Waals surface area contributed by atoms with E-state index < -0.39 is 23.5 Å². The summed E-state index contributed by atoms with van der Waals surface area (Å²) in [4.78, 5) is 31.3. The minimum Gasteiger partial charge on any atom is -0.503 e. The van der Waals surface area contributed by atoms with Gasteiger partial charge in [-0.1, -0.05) is 49.7 Å². The molecule has 0 fully saturated rings. The van der Waals surface area contributed by atoms with E-state index in [-0.39, 0.29) is 17.4 Å². The SMILES string of the molecule is CCN(CC)C(CN1C(=O)C(O)=C(C(=O)c2ccco2)C1c1cccs1)c1ccc(C)cc1. The zero-order chi connectivity index (χ0) is 23.5. The number of aryl methyl sites for hydroxylation is 1. The Morgan fingerprint density at radius 2 is 1.88 bits per heavy atom. The molecule has 2 atom stereocenters. The zero-order valence-corrected chi connectivity index (χ0v) is 19.8. The number of amides is 1. The van der Waals surface area contributed by atoms with Crippen LogP contribution in [0.3, 0.4) is 0 Å². The fourth-order valence-electron chi connectivity index (χ4n) is 4.43. The molecule has 33 heavy (non-hydrogen) atoms. The number of ketones is 1. The first-order valence-electron chi connectivity index (χ1n) is 11.1. The van der Waals surface area contributed by atoms with E-state index in [1.807, 2.05) is 24.4 Å². The maximum absolute atomic E-state index is 13.3. The predicted octanol–water partition coefficient (Wildman–Crippen LogP) is 5.31. The number of rotatable bonds is 9. The molecule has 4 rings (SSSR count). The van der Waals surface area contributed by atoms with Gasteiger partial charge in [-0.15, -0.1) is 11.3 Å². The summed E-state index contributed by atoms with van der Waals surface area (Å²) in [6, 6.07) is 14.5. The van der Waals surface area contributed by atoms with Crippen molar-refractivity contribution in [2.75, 3.05) is 19.6 Å². The fraction of sp³-hybridized carbons (Fsp3) is 0.308. The van der Waals surface area contributed by atoms with Crippen molar-refractivity contribution in [1.29, 1.82) is 0 Å². The molecule has 2 aromatic heterocycles. The second kappa shape index (κ2) is 9.77. The van der Waals surface area contributed by atoms with Crippen molar-refractivity contribution in [3.8, 4) is 0 Å². The second-order valence-corrected chi connectivity index (χ2v) is 9.07. The van der Waals surface area contributed by atoms with Crippen LogP contribution < -0.4 is 0 Å². The molecule has 172 valence electrons. The summed E-state index contributed by atoms with van der Waals surface area (Å²) in [6.07, 6.45) is 1.41. The van der Waals surface area contributed by atoms with Crippen molar-refractivity contribution in [3.63, 3.8) is 0 Å². The van der Waals surface area contributed by atoms with Gasteiger partial charge in [0, 0.05) is 11.4 Å². The summed E-state index contributed by atoms with van der Waals surface area (Å²) in [5, 5.41) is 12.8. The number of nitrogens with zero attached hydrogens (tertiary/aromatic N) is 2. The molecule has 0 aliphatic carbocycles. The number of hydrogen-bond donors (Lipinski definition) is 1. The minimum absolute atomic E-state index is 0.0691. The highest BCUT2D eigenvalue weighted by atomic mass is 32.1. The Bertz CT molecular complexity index is 1130. The lowest BCUT2D eigenvalue weighted by Gasteiger charge is -2.35. The van der Waals surface area contributed by atoms with Crippen LogP contribution in [-0.2, 0) is 4.79 Å². The molecule has 0 saturated heterocycles. The molecule has 1 N–H and O–H groups in total. The molecule has 6 nitrogen and oxygen atoms in total. The van der Waals surface area contributed by atoms with E-state index in [1.54, 1.807) is 17.0 Å². The third-order valence-electron chi connectivity index (χ3n) is 6.19. The quantitative estimate of drug-likeness (QED) is 0.435. The molecule has 0 saturated carbocycles. The zero-order valence-electron chi connectivity index (χ0n) is 19.0. The molecule has 0 bridgehead atoms. The van der Waals surface area contributed by atoms with Crippen molar-refractivity contribution in [2.24, 2.45) is 0 Å². The summed E-state index contributed by atoms with van der Waals surface area (Å²) in [5.74, 6) is -1.40. The molecule has 0 spiro atoms.